The van der Waals surface area contributed by atoms with Crippen LogP contribution in [-0.2, 0) is 6.42 Å². The summed E-state index contributed by atoms with van der Waals surface area (Å²) >= 11 is 10.6. The van der Waals surface area contributed by atoms with Crippen molar-refractivity contribution in [2.24, 2.45) is 0 Å². The van der Waals surface area contributed by atoms with Crippen molar-refractivity contribution in [2.45, 2.75) is 25.8 Å². The minimum atomic E-state index is 0.257. The quantitative estimate of drug-likeness (QED) is 0.582. The normalized spacial score (nSPS) is 12.4. The zero-order valence-electron chi connectivity index (χ0n) is 11.7. The Morgan fingerprint density at radius 3 is 2.33 bits per heavy atom. The molecule has 0 amide bonds. The molecule has 0 aliphatic carbocycles. The van der Waals surface area contributed by atoms with Crippen LogP contribution in [0.5, 0.6) is 0 Å². The predicted molar refractivity (Wildman–Crippen MR) is 98.5 cm³/mol. The highest BCUT2D eigenvalue weighted by atomic mass is 79.9. The Bertz CT molecular complexity index is 564. The van der Waals surface area contributed by atoms with Gasteiger partial charge in [0, 0.05) is 37.8 Å². The van der Waals surface area contributed by atoms with Gasteiger partial charge in [-0.25, -0.2) is 0 Å². The summed E-state index contributed by atoms with van der Waals surface area (Å²) in [5, 5.41) is 3.61. The fourth-order valence-corrected chi connectivity index (χ4v) is 3.70. The molecule has 0 radical (unpaired) electrons. The molecule has 21 heavy (non-hydrogen) atoms. The van der Waals surface area contributed by atoms with Gasteiger partial charge in [-0.3, -0.25) is 4.98 Å². The van der Waals surface area contributed by atoms with Crippen LogP contribution >= 0.6 is 47.8 Å². The molecule has 1 atom stereocenters. The van der Waals surface area contributed by atoms with Gasteiger partial charge in [0.25, 0.3) is 0 Å². The summed E-state index contributed by atoms with van der Waals surface area (Å²) in [7, 11) is 0. The number of halogens is 3. The first-order valence-corrected chi connectivity index (χ1v) is 9.26. The van der Waals surface area contributed by atoms with Crippen LogP contribution in [0, 0.1) is 0 Å². The maximum atomic E-state index is 4.49. The first kappa shape index (κ1) is 17.1. The van der Waals surface area contributed by atoms with E-state index in [1.165, 1.54) is 5.56 Å². The molecule has 0 aliphatic rings. The maximum absolute atomic E-state index is 4.49. The van der Waals surface area contributed by atoms with Crippen molar-refractivity contribution in [2.75, 3.05) is 6.54 Å². The third kappa shape index (κ3) is 5.47. The number of pyridine rings is 1. The second kappa shape index (κ2) is 8.42. The van der Waals surface area contributed by atoms with E-state index in [1.807, 2.05) is 12.3 Å². The largest absolute Gasteiger partial charge is 0.310 e. The first-order valence-electron chi connectivity index (χ1n) is 6.88. The molecular weight excluding hydrogens is 460 g/mol. The Hall–Kier alpha value is -0.230. The van der Waals surface area contributed by atoms with E-state index in [2.05, 4.69) is 89.3 Å². The molecule has 1 aromatic heterocycles. The Morgan fingerprint density at radius 1 is 1.05 bits per heavy atom. The van der Waals surface area contributed by atoms with Crippen LogP contribution in [-0.4, -0.2) is 11.5 Å². The van der Waals surface area contributed by atoms with E-state index >= 15 is 0 Å². The van der Waals surface area contributed by atoms with Crippen molar-refractivity contribution in [1.82, 2.24) is 10.3 Å². The number of hydrogen-bond donors (Lipinski definition) is 1. The predicted octanol–water partition coefficient (Wildman–Crippen LogP) is 5.65. The van der Waals surface area contributed by atoms with E-state index in [4.69, 9.17) is 0 Å². The van der Waals surface area contributed by atoms with Crippen LogP contribution in [0.25, 0.3) is 0 Å². The maximum Gasteiger partial charge on any atom is 0.0423 e. The molecule has 2 aromatic rings. The highest BCUT2D eigenvalue weighted by Gasteiger charge is 2.13. The van der Waals surface area contributed by atoms with Crippen LogP contribution in [0.3, 0.4) is 0 Å². The fraction of sp³-hybridized carbons (Fsp3) is 0.312. The van der Waals surface area contributed by atoms with Crippen LogP contribution in [0.2, 0.25) is 0 Å². The minimum Gasteiger partial charge on any atom is -0.310 e. The molecule has 0 saturated heterocycles. The third-order valence-electron chi connectivity index (χ3n) is 3.13. The Labute approximate surface area is 151 Å². The topological polar surface area (TPSA) is 24.9 Å². The van der Waals surface area contributed by atoms with Crippen molar-refractivity contribution in [1.29, 1.82) is 0 Å². The van der Waals surface area contributed by atoms with E-state index in [-0.39, 0.29) is 6.04 Å². The molecule has 0 saturated carbocycles. The summed E-state index contributed by atoms with van der Waals surface area (Å²) in [5.74, 6) is 0. The molecule has 0 aliphatic heterocycles. The Kier molecular flexibility index (Phi) is 6.86. The fourth-order valence-electron chi connectivity index (χ4n) is 2.14. The van der Waals surface area contributed by atoms with Crippen molar-refractivity contribution in [3.8, 4) is 0 Å². The Morgan fingerprint density at radius 2 is 1.76 bits per heavy atom. The van der Waals surface area contributed by atoms with Crippen LogP contribution in [0.4, 0.5) is 0 Å². The van der Waals surface area contributed by atoms with Crippen molar-refractivity contribution in [3.63, 3.8) is 0 Å². The second-order valence-electron chi connectivity index (χ2n) is 4.88. The van der Waals surface area contributed by atoms with Gasteiger partial charge in [-0.15, -0.1) is 0 Å². The lowest BCUT2D eigenvalue weighted by Gasteiger charge is -2.19. The number of nitrogens with zero attached hydrogens (tertiary/aromatic N) is 1. The standard InChI is InChI=1S/C16H17Br3N2/c1-2-5-20-16(9-15-4-3-12(17)10-21-15)11-6-13(18)8-14(19)7-11/h3-4,6-8,10,16,20H,2,5,9H2,1H3. The highest BCUT2D eigenvalue weighted by molar-refractivity contribution is 9.11. The monoisotopic (exact) mass is 474 g/mol. The lowest BCUT2D eigenvalue weighted by molar-refractivity contribution is 0.524. The molecule has 1 aromatic carbocycles. The van der Waals surface area contributed by atoms with Gasteiger partial charge >= 0.3 is 0 Å². The third-order valence-corrected chi connectivity index (χ3v) is 4.51. The van der Waals surface area contributed by atoms with Gasteiger partial charge in [-0.1, -0.05) is 38.8 Å². The number of benzene rings is 1. The summed E-state index contributed by atoms with van der Waals surface area (Å²) < 4.78 is 3.17. The SMILES string of the molecule is CCCNC(Cc1ccc(Br)cn1)c1cc(Br)cc(Br)c1. The molecule has 1 N–H and O–H groups in total. The molecule has 112 valence electrons. The van der Waals surface area contributed by atoms with E-state index in [0.29, 0.717) is 0 Å². The highest BCUT2D eigenvalue weighted by Crippen LogP contribution is 2.26. The van der Waals surface area contributed by atoms with Crippen LogP contribution < -0.4 is 5.32 Å². The van der Waals surface area contributed by atoms with E-state index in [1.54, 1.807) is 0 Å². The molecule has 5 heteroatoms. The molecule has 1 heterocycles. The molecule has 1 unspecified atom stereocenters. The van der Waals surface area contributed by atoms with E-state index < -0.39 is 0 Å². The summed E-state index contributed by atoms with van der Waals surface area (Å²) in [6.45, 7) is 3.17. The average Bonchev–Trinajstić information content (AvgIpc) is 2.44. The number of rotatable bonds is 6. The summed E-state index contributed by atoms with van der Waals surface area (Å²) in [5.41, 5.74) is 2.34. The Balaban J connectivity index is 2.22. The molecule has 2 rings (SSSR count). The van der Waals surface area contributed by atoms with Crippen molar-refractivity contribution < 1.29 is 0 Å². The summed E-state index contributed by atoms with van der Waals surface area (Å²) in [4.78, 5) is 4.49. The zero-order valence-corrected chi connectivity index (χ0v) is 16.5. The first-order chi connectivity index (χ1) is 10.1. The minimum absolute atomic E-state index is 0.257. The summed E-state index contributed by atoms with van der Waals surface area (Å²) in [6.07, 6.45) is 3.83. The van der Waals surface area contributed by atoms with Gasteiger partial charge in [-0.05, 0) is 64.8 Å². The van der Waals surface area contributed by atoms with Crippen LogP contribution in [0.15, 0.2) is 49.9 Å². The molecule has 0 spiro atoms. The van der Waals surface area contributed by atoms with Crippen molar-refractivity contribution >= 4 is 47.8 Å². The molecule has 2 nitrogen and oxygen atoms in total. The smallest absolute Gasteiger partial charge is 0.0423 e. The van der Waals surface area contributed by atoms with Gasteiger partial charge < -0.3 is 5.32 Å². The zero-order chi connectivity index (χ0) is 15.2. The molecule has 0 bridgehead atoms. The lowest BCUT2D eigenvalue weighted by Crippen LogP contribution is -2.24. The number of nitrogens with one attached hydrogen (secondary N) is 1. The molecular formula is C16H17Br3N2. The summed E-state index contributed by atoms with van der Waals surface area (Å²) in [6, 6.07) is 10.7. The van der Waals surface area contributed by atoms with Gasteiger partial charge in [0.2, 0.25) is 0 Å². The van der Waals surface area contributed by atoms with E-state index in [9.17, 15) is 0 Å². The molecule has 0 fully saturated rings. The van der Waals surface area contributed by atoms with Gasteiger partial charge in [-0.2, -0.15) is 0 Å². The van der Waals surface area contributed by atoms with E-state index in [0.717, 1.165) is 38.5 Å². The average molecular weight is 477 g/mol. The van der Waals surface area contributed by atoms with Crippen molar-refractivity contribution in [3.05, 3.63) is 61.2 Å². The number of hydrogen-bond acceptors (Lipinski definition) is 2. The van der Waals surface area contributed by atoms with Gasteiger partial charge in [0.1, 0.15) is 0 Å². The lowest BCUT2D eigenvalue weighted by atomic mass is 10.0. The van der Waals surface area contributed by atoms with Crippen LogP contribution in [0.1, 0.15) is 30.6 Å². The second-order valence-corrected chi connectivity index (χ2v) is 7.63. The number of aromatic nitrogens is 1. The van der Waals surface area contributed by atoms with Gasteiger partial charge in [0.15, 0.2) is 0 Å². The van der Waals surface area contributed by atoms with Gasteiger partial charge in [0.05, 0.1) is 0 Å².